The molecule has 0 fully saturated rings. The van der Waals surface area contributed by atoms with Gasteiger partial charge in [0.2, 0.25) is 0 Å². The molecule has 134 valence electrons. The fourth-order valence-electron chi connectivity index (χ4n) is 3.16. The molecular formula is C19H18N2O5. The van der Waals surface area contributed by atoms with Crippen molar-refractivity contribution in [3.8, 4) is 5.75 Å². The number of fused-ring (bicyclic) bond motifs is 1. The molecule has 1 atom stereocenters. The fourth-order valence-corrected chi connectivity index (χ4v) is 3.16. The minimum atomic E-state index is -0.641. The number of aryl methyl sites for hydroxylation is 1. The normalized spacial score (nSPS) is 15.6. The van der Waals surface area contributed by atoms with Crippen LogP contribution in [0.15, 0.2) is 42.5 Å². The number of nitrogens with one attached hydrogen (secondary N) is 1. The summed E-state index contributed by atoms with van der Waals surface area (Å²) in [5.41, 5.74) is 2.16. The van der Waals surface area contributed by atoms with Gasteiger partial charge in [0.25, 0.3) is 5.91 Å². The van der Waals surface area contributed by atoms with E-state index in [-0.39, 0.29) is 35.6 Å². The van der Waals surface area contributed by atoms with E-state index in [2.05, 4.69) is 11.4 Å². The van der Waals surface area contributed by atoms with Crippen LogP contribution in [0.25, 0.3) is 0 Å². The van der Waals surface area contributed by atoms with Gasteiger partial charge < -0.3 is 10.1 Å². The maximum Gasteiger partial charge on any atom is 0.311 e. The smallest absolute Gasteiger partial charge is 0.311 e. The van der Waals surface area contributed by atoms with Crippen LogP contribution in [-0.4, -0.2) is 23.7 Å². The van der Waals surface area contributed by atoms with E-state index in [1.54, 1.807) is 0 Å². The number of hydrogen-bond donors (Lipinski definition) is 1. The lowest BCUT2D eigenvalue weighted by molar-refractivity contribution is -0.385. The first kappa shape index (κ1) is 17.6. The molecule has 26 heavy (non-hydrogen) atoms. The average molecular weight is 354 g/mol. The molecule has 1 amide bonds. The number of nitro benzene ring substituents is 1. The van der Waals surface area contributed by atoms with Crippen molar-refractivity contribution >= 4 is 17.9 Å². The third-order valence-electron chi connectivity index (χ3n) is 4.38. The predicted octanol–water partition coefficient (Wildman–Crippen LogP) is 2.98. The topological polar surface area (TPSA) is 98.5 Å². The van der Waals surface area contributed by atoms with Crippen molar-refractivity contribution in [2.24, 2.45) is 0 Å². The Morgan fingerprint density at radius 3 is 2.88 bits per heavy atom. The molecule has 0 radical (unpaired) electrons. The van der Waals surface area contributed by atoms with Gasteiger partial charge in [0.15, 0.2) is 12.4 Å². The summed E-state index contributed by atoms with van der Waals surface area (Å²) >= 11 is 0. The van der Waals surface area contributed by atoms with Crippen molar-refractivity contribution in [3.05, 3.63) is 69.3 Å². The van der Waals surface area contributed by atoms with Crippen molar-refractivity contribution < 1.29 is 19.2 Å². The lowest BCUT2D eigenvalue weighted by Gasteiger charge is -2.26. The van der Waals surface area contributed by atoms with Crippen LogP contribution in [0.2, 0.25) is 0 Å². The van der Waals surface area contributed by atoms with E-state index in [9.17, 15) is 19.7 Å². The highest BCUT2D eigenvalue weighted by atomic mass is 16.6. The van der Waals surface area contributed by atoms with E-state index in [4.69, 9.17) is 4.74 Å². The van der Waals surface area contributed by atoms with E-state index in [1.165, 1.54) is 17.7 Å². The largest absolute Gasteiger partial charge is 0.477 e. The first-order chi connectivity index (χ1) is 12.6. The van der Waals surface area contributed by atoms with Crippen LogP contribution < -0.4 is 10.1 Å². The number of ether oxygens (including phenoxy) is 1. The summed E-state index contributed by atoms with van der Waals surface area (Å²) in [6.07, 6.45) is 3.34. The Hall–Kier alpha value is -3.22. The first-order valence-corrected chi connectivity index (χ1v) is 8.32. The SMILES string of the molecule is O=Cc1ccc(OCC(=O)N[C@@H]2CCCc3ccccc32)c([N+](=O)[O-])c1. The highest BCUT2D eigenvalue weighted by Crippen LogP contribution is 2.30. The highest BCUT2D eigenvalue weighted by Gasteiger charge is 2.22. The second-order valence-corrected chi connectivity index (χ2v) is 6.10. The molecular weight excluding hydrogens is 336 g/mol. The zero-order chi connectivity index (χ0) is 18.5. The van der Waals surface area contributed by atoms with E-state index in [0.717, 1.165) is 30.9 Å². The number of rotatable bonds is 6. The van der Waals surface area contributed by atoms with E-state index >= 15 is 0 Å². The Morgan fingerprint density at radius 2 is 2.12 bits per heavy atom. The summed E-state index contributed by atoms with van der Waals surface area (Å²) in [6, 6.07) is 11.8. The van der Waals surface area contributed by atoms with Crippen LogP contribution in [0.5, 0.6) is 5.75 Å². The number of aldehydes is 1. The van der Waals surface area contributed by atoms with Gasteiger partial charge in [-0.25, -0.2) is 0 Å². The Labute approximate surface area is 150 Å². The Bertz CT molecular complexity index is 850. The summed E-state index contributed by atoms with van der Waals surface area (Å²) in [6.45, 7) is -0.333. The van der Waals surface area contributed by atoms with Crippen molar-refractivity contribution in [2.75, 3.05) is 6.61 Å². The molecule has 0 saturated heterocycles. The second-order valence-electron chi connectivity index (χ2n) is 6.10. The third kappa shape index (κ3) is 3.88. The van der Waals surface area contributed by atoms with Gasteiger partial charge in [-0.2, -0.15) is 0 Å². The van der Waals surface area contributed by atoms with Crippen molar-refractivity contribution in [3.63, 3.8) is 0 Å². The van der Waals surface area contributed by atoms with Crippen LogP contribution >= 0.6 is 0 Å². The average Bonchev–Trinajstić information content (AvgIpc) is 2.66. The van der Waals surface area contributed by atoms with E-state index in [0.29, 0.717) is 6.29 Å². The Kier molecular flexibility index (Phi) is 5.26. The van der Waals surface area contributed by atoms with Crippen LogP contribution in [0, 0.1) is 10.1 Å². The van der Waals surface area contributed by atoms with Crippen LogP contribution in [0.3, 0.4) is 0 Å². The highest BCUT2D eigenvalue weighted by molar-refractivity contribution is 5.79. The molecule has 2 aromatic rings. The number of benzene rings is 2. The van der Waals surface area contributed by atoms with E-state index in [1.807, 2.05) is 18.2 Å². The van der Waals surface area contributed by atoms with Gasteiger partial charge in [0, 0.05) is 11.6 Å². The minimum absolute atomic E-state index is 0.0419. The molecule has 1 aliphatic carbocycles. The Balaban J connectivity index is 1.65. The van der Waals surface area contributed by atoms with Gasteiger partial charge >= 0.3 is 5.69 Å². The number of carbonyl (C=O) groups is 2. The minimum Gasteiger partial charge on any atom is -0.477 e. The Morgan fingerprint density at radius 1 is 1.31 bits per heavy atom. The van der Waals surface area contributed by atoms with Crippen LogP contribution in [-0.2, 0) is 11.2 Å². The molecule has 7 nitrogen and oxygen atoms in total. The van der Waals surface area contributed by atoms with Gasteiger partial charge in [-0.15, -0.1) is 0 Å². The number of nitrogens with zero attached hydrogens (tertiary/aromatic N) is 1. The molecule has 0 spiro atoms. The van der Waals surface area contributed by atoms with Crippen LogP contribution in [0.1, 0.15) is 40.4 Å². The van der Waals surface area contributed by atoms with Gasteiger partial charge in [-0.05, 0) is 42.5 Å². The lowest BCUT2D eigenvalue weighted by atomic mass is 9.88. The van der Waals surface area contributed by atoms with Crippen molar-refractivity contribution in [1.29, 1.82) is 0 Å². The third-order valence-corrected chi connectivity index (χ3v) is 4.38. The molecule has 1 N–H and O–H groups in total. The monoisotopic (exact) mass is 354 g/mol. The number of nitro groups is 1. The van der Waals surface area contributed by atoms with E-state index < -0.39 is 4.92 Å². The maximum atomic E-state index is 12.2. The predicted molar refractivity (Wildman–Crippen MR) is 94.2 cm³/mol. The lowest BCUT2D eigenvalue weighted by Crippen LogP contribution is -2.34. The van der Waals surface area contributed by atoms with Crippen molar-refractivity contribution in [2.45, 2.75) is 25.3 Å². The summed E-state index contributed by atoms with van der Waals surface area (Å²) in [4.78, 5) is 33.4. The van der Waals surface area contributed by atoms with Gasteiger partial charge in [-0.3, -0.25) is 19.7 Å². The molecule has 0 unspecified atom stereocenters. The summed E-state index contributed by atoms with van der Waals surface area (Å²) in [7, 11) is 0. The second kappa shape index (κ2) is 7.77. The van der Waals surface area contributed by atoms with Gasteiger partial charge in [0.05, 0.1) is 11.0 Å². The molecule has 0 aliphatic heterocycles. The molecule has 0 saturated carbocycles. The summed E-state index contributed by atoms with van der Waals surface area (Å²) < 4.78 is 5.32. The quantitative estimate of drug-likeness (QED) is 0.488. The molecule has 7 heteroatoms. The molecule has 0 bridgehead atoms. The number of amides is 1. The van der Waals surface area contributed by atoms with Gasteiger partial charge in [-0.1, -0.05) is 24.3 Å². The summed E-state index contributed by atoms with van der Waals surface area (Å²) in [5, 5.41) is 14.0. The van der Waals surface area contributed by atoms with Crippen molar-refractivity contribution in [1.82, 2.24) is 5.32 Å². The zero-order valence-corrected chi connectivity index (χ0v) is 14.0. The molecule has 0 heterocycles. The van der Waals surface area contributed by atoms with Gasteiger partial charge in [0.1, 0.15) is 6.29 Å². The standard InChI is InChI=1S/C19H18N2O5/c22-11-13-8-9-18(17(10-13)21(24)25)26-12-19(23)20-16-7-3-5-14-4-1-2-6-15(14)16/h1-2,4,6,8-11,16H,3,5,7,12H2,(H,20,23)/t16-/m1/s1. The van der Waals surface area contributed by atoms with Crippen LogP contribution in [0.4, 0.5) is 5.69 Å². The molecule has 2 aromatic carbocycles. The molecule has 3 rings (SSSR count). The summed E-state index contributed by atoms with van der Waals surface area (Å²) in [5.74, 6) is -0.389. The number of carbonyl (C=O) groups excluding carboxylic acids is 2. The fraction of sp³-hybridized carbons (Fsp3) is 0.263. The molecule has 1 aliphatic rings. The first-order valence-electron chi connectivity index (χ1n) is 8.32. The molecule has 0 aromatic heterocycles. The zero-order valence-electron chi connectivity index (χ0n) is 14.0. The number of hydrogen-bond acceptors (Lipinski definition) is 5. The maximum absolute atomic E-state index is 12.2.